The van der Waals surface area contributed by atoms with Crippen molar-refractivity contribution in [2.45, 2.75) is 32.0 Å². The van der Waals surface area contributed by atoms with Gasteiger partial charge in [-0.1, -0.05) is 25.6 Å². The molecule has 23 heavy (non-hydrogen) atoms. The zero-order valence-electron chi connectivity index (χ0n) is 13.9. The Morgan fingerprint density at radius 1 is 1.30 bits per heavy atom. The van der Waals surface area contributed by atoms with E-state index in [1.165, 1.54) is 11.8 Å². The molecule has 0 aliphatic heterocycles. The molecule has 2 rings (SSSR count). The number of hydrogen-bond acceptors (Lipinski definition) is 4. The van der Waals surface area contributed by atoms with E-state index < -0.39 is 0 Å². The summed E-state index contributed by atoms with van der Waals surface area (Å²) in [5.41, 5.74) is 0.988. The van der Waals surface area contributed by atoms with Crippen molar-refractivity contribution >= 4 is 17.7 Å². The Morgan fingerprint density at radius 2 is 2.00 bits per heavy atom. The van der Waals surface area contributed by atoms with Crippen LogP contribution in [0.5, 0.6) is 5.75 Å². The number of thioether (sulfide) groups is 1. The fourth-order valence-corrected chi connectivity index (χ4v) is 2.71. The summed E-state index contributed by atoms with van der Waals surface area (Å²) < 4.78 is 7.13. The molecule has 2 aromatic rings. The fourth-order valence-electron chi connectivity index (χ4n) is 1.93. The number of carbonyl (C=O) groups excluding carboxylic acids is 1. The molecule has 0 aliphatic rings. The molecule has 124 valence electrons. The zero-order chi connectivity index (χ0) is 16.8. The predicted octanol–water partition coefficient (Wildman–Crippen LogP) is 3.13. The third-order valence-corrected chi connectivity index (χ3v) is 4.65. The average molecular weight is 333 g/mol. The summed E-state index contributed by atoms with van der Waals surface area (Å²) in [4.78, 5) is 16.3. The predicted molar refractivity (Wildman–Crippen MR) is 93.3 cm³/mol. The highest BCUT2D eigenvalue weighted by atomic mass is 32.2. The lowest BCUT2D eigenvalue weighted by molar-refractivity contribution is -0.119. The molecule has 6 heteroatoms. The number of nitrogens with one attached hydrogen (secondary N) is 1. The number of imidazole rings is 1. The third kappa shape index (κ3) is 4.76. The van der Waals surface area contributed by atoms with E-state index in [4.69, 9.17) is 4.74 Å². The van der Waals surface area contributed by atoms with Gasteiger partial charge in [0.25, 0.3) is 0 Å². The van der Waals surface area contributed by atoms with Crippen LogP contribution in [0.3, 0.4) is 0 Å². The maximum absolute atomic E-state index is 12.0. The quantitative estimate of drug-likeness (QED) is 0.791. The zero-order valence-corrected chi connectivity index (χ0v) is 14.8. The molecular formula is C17H23N3O2S. The maximum Gasteiger partial charge on any atom is 0.230 e. The Morgan fingerprint density at radius 3 is 2.61 bits per heavy atom. The second-order valence-corrected chi connectivity index (χ2v) is 6.61. The van der Waals surface area contributed by atoms with Gasteiger partial charge >= 0.3 is 0 Å². The first-order valence-corrected chi connectivity index (χ1v) is 8.59. The van der Waals surface area contributed by atoms with E-state index in [-0.39, 0.29) is 11.9 Å². The molecule has 1 amide bonds. The molecule has 1 unspecified atom stereocenters. The van der Waals surface area contributed by atoms with E-state index in [1.807, 2.05) is 42.0 Å². The van der Waals surface area contributed by atoms with Gasteiger partial charge < -0.3 is 10.1 Å². The van der Waals surface area contributed by atoms with Crippen LogP contribution in [0.2, 0.25) is 0 Å². The molecule has 1 aromatic carbocycles. The Bertz CT molecular complexity index is 638. The van der Waals surface area contributed by atoms with Gasteiger partial charge in [0.05, 0.1) is 12.9 Å². The van der Waals surface area contributed by atoms with Crippen LogP contribution >= 0.6 is 11.8 Å². The molecule has 5 nitrogen and oxygen atoms in total. The van der Waals surface area contributed by atoms with E-state index >= 15 is 0 Å². The number of aromatic nitrogens is 2. The van der Waals surface area contributed by atoms with Crippen molar-refractivity contribution in [2.24, 2.45) is 5.92 Å². The second kappa shape index (κ2) is 8.06. The molecule has 1 atom stereocenters. The lowest BCUT2D eigenvalue weighted by atomic mass is 10.1. The molecular weight excluding hydrogens is 310 g/mol. The van der Waals surface area contributed by atoms with Crippen molar-refractivity contribution in [3.05, 3.63) is 36.7 Å². The van der Waals surface area contributed by atoms with Crippen molar-refractivity contribution in [1.82, 2.24) is 14.9 Å². The van der Waals surface area contributed by atoms with E-state index in [9.17, 15) is 4.79 Å². The standard InChI is InChI=1S/C17H23N3O2S/c1-12(2)13(3)19-16(21)11-23-17-18-9-10-20(17)14-5-7-15(22-4)8-6-14/h5-10,12-13H,11H2,1-4H3,(H,19,21). The van der Waals surface area contributed by atoms with Crippen molar-refractivity contribution < 1.29 is 9.53 Å². The van der Waals surface area contributed by atoms with Crippen molar-refractivity contribution in [2.75, 3.05) is 12.9 Å². The Hall–Kier alpha value is -1.95. The number of methoxy groups -OCH3 is 1. The van der Waals surface area contributed by atoms with Crippen molar-refractivity contribution in [1.29, 1.82) is 0 Å². The Balaban J connectivity index is 1.99. The number of ether oxygens (including phenoxy) is 1. The minimum absolute atomic E-state index is 0.0282. The topological polar surface area (TPSA) is 56.2 Å². The number of carbonyl (C=O) groups is 1. The van der Waals surface area contributed by atoms with E-state index in [0.29, 0.717) is 11.7 Å². The maximum atomic E-state index is 12.0. The minimum Gasteiger partial charge on any atom is -0.497 e. The molecule has 0 fully saturated rings. The van der Waals surface area contributed by atoms with E-state index in [2.05, 4.69) is 24.1 Å². The summed E-state index contributed by atoms with van der Waals surface area (Å²) in [5, 5.41) is 3.80. The van der Waals surface area contributed by atoms with Crippen LogP contribution in [0, 0.1) is 5.92 Å². The first-order chi connectivity index (χ1) is 11.0. The van der Waals surface area contributed by atoms with Crippen LogP contribution in [-0.2, 0) is 4.79 Å². The first kappa shape index (κ1) is 17.4. The van der Waals surface area contributed by atoms with E-state index in [0.717, 1.165) is 16.6 Å². The fraction of sp³-hybridized carbons (Fsp3) is 0.412. The largest absolute Gasteiger partial charge is 0.497 e. The summed E-state index contributed by atoms with van der Waals surface area (Å²) in [7, 11) is 1.64. The van der Waals surface area contributed by atoms with Crippen LogP contribution in [-0.4, -0.2) is 34.4 Å². The van der Waals surface area contributed by atoms with Crippen molar-refractivity contribution in [3.63, 3.8) is 0 Å². The monoisotopic (exact) mass is 333 g/mol. The summed E-state index contributed by atoms with van der Waals surface area (Å²) in [6.07, 6.45) is 3.63. The van der Waals surface area contributed by atoms with Gasteiger partial charge in [0.2, 0.25) is 5.91 Å². The molecule has 1 N–H and O–H groups in total. The highest BCUT2D eigenvalue weighted by molar-refractivity contribution is 7.99. The lowest BCUT2D eigenvalue weighted by Gasteiger charge is -2.17. The van der Waals surface area contributed by atoms with Gasteiger partial charge in [-0.2, -0.15) is 0 Å². The van der Waals surface area contributed by atoms with Crippen LogP contribution in [0.25, 0.3) is 5.69 Å². The van der Waals surface area contributed by atoms with Crippen LogP contribution in [0.4, 0.5) is 0 Å². The highest BCUT2D eigenvalue weighted by Crippen LogP contribution is 2.22. The SMILES string of the molecule is COc1ccc(-n2ccnc2SCC(=O)NC(C)C(C)C)cc1. The normalized spacial score (nSPS) is 12.2. The van der Waals surface area contributed by atoms with Crippen molar-refractivity contribution in [3.8, 4) is 11.4 Å². The summed E-state index contributed by atoms with van der Waals surface area (Å²) in [6, 6.07) is 7.91. The van der Waals surface area contributed by atoms with Gasteiger partial charge in [-0.3, -0.25) is 9.36 Å². The van der Waals surface area contributed by atoms with E-state index in [1.54, 1.807) is 13.3 Å². The number of nitrogens with zero attached hydrogens (tertiary/aromatic N) is 2. The van der Waals surface area contributed by atoms with Gasteiger partial charge in [-0.25, -0.2) is 4.98 Å². The molecule has 1 aromatic heterocycles. The van der Waals surface area contributed by atoms with Crippen LogP contribution in [0.1, 0.15) is 20.8 Å². The van der Waals surface area contributed by atoms with Gasteiger partial charge in [0.15, 0.2) is 5.16 Å². The van der Waals surface area contributed by atoms with Gasteiger partial charge in [0.1, 0.15) is 5.75 Å². The molecule has 0 bridgehead atoms. The number of benzene rings is 1. The highest BCUT2D eigenvalue weighted by Gasteiger charge is 2.13. The molecule has 0 radical (unpaired) electrons. The second-order valence-electron chi connectivity index (χ2n) is 5.67. The summed E-state index contributed by atoms with van der Waals surface area (Å²) >= 11 is 1.43. The number of rotatable bonds is 7. The smallest absolute Gasteiger partial charge is 0.230 e. The number of hydrogen-bond donors (Lipinski definition) is 1. The molecule has 0 saturated carbocycles. The lowest BCUT2D eigenvalue weighted by Crippen LogP contribution is -2.37. The molecule has 0 aliphatic carbocycles. The van der Waals surface area contributed by atoms with Crippen LogP contribution in [0.15, 0.2) is 41.8 Å². The van der Waals surface area contributed by atoms with Gasteiger partial charge in [-0.15, -0.1) is 0 Å². The molecule has 1 heterocycles. The minimum atomic E-state index is 0.0282. The number of amides is 1. The van der Waals surface area contributed by atoms with Gasteiger partial charge in [-0.05, 0) is 37.1 Å². The Labute approximate surface area is 141 Å². The van der Waals surface area contributed by atoms with Crippen LogP contribution < -0.4 is 10.1 Å². The van der Waals surface area contributed by atoms with Gasteiger partial charge in [0, 0.05) is 24.1 Å². The summed E-state index contributed by atoms with van der Waals surface area (Å²) in [6.45, 7) is 6.20. The molecule has 0 saturated heterocycles. The Kier molecular flexibility index (Phi) is 6.10. The first-order valence-electron chi connectivity index (χ1n) is 7.61. The average Bonchev–Trinajstić information content (AvgIpc) is 3.01. The molecule has 0 spiro atoms. The summed E-state index contributed by atoms with van der Waals surface area (Å²) in [5.74, 6) is 1.61. The third-order valence-electron chi connectivity index (χ3n) is 3.68.